The fourth-order valence-electron chi connectivity index (χ4n) is 2.48. The van der Waals surface area contributed by atoms with Crippen molar-refractivity contribution < 1.29 is 4.79 Å². The summed E-state index contributed by atoms with van der Waals surface area (Å²) in [6, 6.07) is 2.51. The van der Waals surface area contributed by atoms with Crippen molar-refractivity contribution in [2.75, 3.05) is 40.3 Å². The molecule has 1 unspecified atom stereocenters. The SMILES string of the molecule is CCC(C#N)(CC)C(=O)NCC1CN(C)CCN1C. The zero-order valence-electron chi connectivity index (χ0n) is 12.6. The van der Waals surface area contributed by atoms with Crippen LogP contribution in [0.5, 0.6) is 0 Å². The Morgan fingerprint density at radius 2 is 2.00 bits per heavy atom. The highest BCUT2D eigenvalue weighted by Gasteiger charge is 2.35. The first-order chi connectivity index (χ1) is 8.99. The minimum atomic E-state index is -0.862. The molecule has 1 heterocycles. The molecule has 5 heteroatoms. The Morgan fingerprint density at radius 1 is 1.37 bits per heavy atom. The van der Waals surface area contributed by atoms with Crippen molar-refractivity contribution in [3.8, 4) is 6.07 Å². The van der Waals surface area contributed by atoms with Crippen LogP contribution in [-0.4, -0.2) is 62.0 Å². The van der Waals surface area contributed by atoms with E-state index in [1.165, 1.54) is 0 Å². The number of nitrogens with zero attached hydrogens (tertiary/aromatic N) is 3. The predicted molar refractivity (Wildman–Crippen MR) is 75.6 cm³/mol. The molecule has 0 aromatic heterocycles. The van der Waals surface area contributed by atoms with Crippen LogP contribution in [0.1, 0.15) is 26.7 Å². The molecular formula is C14H26N4O. The van der Waals surface area contributed by atoms with Crippen LogP contribution in [0.4, 0.5) is 0 Å². The van der Waals surface area contributed by atoms with Crippen LogP contribution in [0.25, 0.3) is 0 Å². The smallest absolute Gasteiger partial charge is 0.240 e. The summed E-state index contributed by atoms with van der Waals surface area (Å²) >= 11 is 0. The number of nitriles is 1. The Hall–Kier alpha value is -1.12. The Bertz CT molecular complexity index is 346. The predicted octanol–water partition coefficient (Wildman–Crippen LogP) is 0.678. The average molecular weight is 266 g/mol. The first-order valence-corrected chi connectivity index (χ1v) is 7.07. The highest BCUT2D eigenvalue weighted by Crippen LogP contribution is 2.25. The maximum absolute atomic E-state index is 12.2. The van der Waals surface area contributed by atoms with Crippen molar-refractivity contribution in [3.05, 3.63) is 0 Å². The quantitative estimate of drug-likeness (QED) is 0.795. The third-order valence-electron chi connectivity index (χ3n) is 4.33. The highest BCUT2D eigenvalue weighted by molar-refractivity contribution is 5.85. The molecule has 1 fully saturated rings. The van der Waals surface area contributed by atoms with Gasteiger partial charge in [-0.05, 0) is 26.9 Å². The number of carbonyl (C=O) groups excluding carboxylic acids is 1. The highest BCUT2D eigenvalue weighted by atomic mass is 16.2. The van der Waals surface area contributed by atoms with Crippen LogP contribution >= 0.6 is 0 Å². The Labute approximate surface area is 116 Å². The van der Waals surface area contributed by atoms with Gasteiger partial charge in [0.1, 0.15) is 5.41 Å². The van der Waals surface area contributed by atoms with Gasteiger partial charge < -0.3 is 10.2 Å². The van der Waals surface area contributed by atoms with Gasteiger partial charge in [-0.2, -0.15) is 5.26 Å². The normalized spacial score (nSPS) is 21.9. The standard InChI is InChI=1S/C14H26N4O/c1-5-14(6-2,11-15)13(19)16-9-12-10-17(3)7-8-18(12)4/h12H,5-10H2,1-4H3,(H,16,19). The summed E-state index contributed by atoms with van der Waals surface area (Å²) in [6.07, 6.45) is 1.12. The summed E-state index contributed by atoms with van der Waals surface area (Å²) in [5.74, 6) is -0.123. The molecule has 1 amide bonds. The molecule has 1 rings (SSSR count). The lowest BCUT2D eigenvalue weighted by atomic mass is 9.83. The van der Waals surface area contributed by atoms with Gasteiger partial charge in [0.15, 0.2) is 0 Å². The van der Waals surface area contributed by atoms with Crippen LogP contribution < -0.4 is 5.32 Å². The number of rotatable bonds is 5. The molecule has 1 aliphatic rings. The fraction of sp³-hybridized carbons (Fsp3) is 0.857. The van der Waals surface area contributed by atoms with Gasteiger partial charge in [-0.15, -0.1) is 0 Å². The summed E-state index contributed by atoms with van der Waals surface area (Å²) in [7, 11) is 4.18. The van der Waals surface area contributed by atoms with Crippen molar-refractivity contribution in [1.29, 1.82) is 5.26 Å². The van der Waals surface area contributed by atoms with E-state index in [-0.39, 0.29) is 5.91 Å². The Balaban J connectivity index is 2.56. The largest absolute Gasteiger partial charge is 0.353 e. The van der Waals surface area contributed by atoms with E-state index in [1.807, 2.05) is 13.8 Å². The van der Waals surface area contributed by atoms with E-state index in [4.69, 9.17) is 0 Å². The number of hydrogen-bond donors (Lipinski definition) is 1. The molecule has 0 spiro atoms. The van der Waals surface area contributed by atoms with Crippen molar-refractivity contribution in [2.45, 2.75) is 32.7 Å². The maximum atomic E-state index is 12.2. The molecule has 0 aromatic carbocycles. The summed E-state index contributed by atoms with van der Waals surface area (Å²) in [6.45, 7) is 7.44. The van der Waals surface area contributed by atoms with Gasteiger partial charge in [-0.3, -0.25) is 9.69 Å². The maximum Gasteiger partial charge on any atom is 0.240 e. The van der Waals surface area contributed by atoms with E-state index in [2.05, 4.69) is 35.3 Å². The number of nitrogens with one attached hydrogen (secondary N) is 1. The van der Waals surface area contributed by atoms with Crippen LogP contribution in [0, 0.1) is 16.7 Å². The zero-order chi connectivity index (χ0) is 14.5. The van der Waals surface area contributed by atoms with Crippen LogP contribution in [0.3, 0.4) is 0 Å². The van der Waals surface area contributed by atoms with E-state index < -0.39 is 5.41 Å². The van der Waals surface area contributed by atoms with Gasteiger partial charge in [-0.25, -0.2) is 0 Å². The lowest BCUT2D eigenvalue weighted by molar-refractivity contribution is -0.128. The van der Waals surface area contributed by atoms with Gasteiger partial charge >= 0.3 is 0 Å². The van der Waals surface area contributed by atoms with Crippen molar-refractivity contribution in [2.24, 2.45) is 5.41 Å². The molecule has 0 aliphatic carbocycles. The fourth-order valence-corrected chi connectivity index (χ4v) is 2.48. The van der Waals surface area contributed by atoms with Crippen molar-refractivity contribution >= 4 is 5.91 Å². The van der Waals surface area contributed by atoms with E-state index in [9.17, 15) is 10.1 Å². The molecule has 108 valence electrons. The number of amides is 1. The first kappa shape index (κ1) is 15.9. The molecule has 1 aliphatic heterocycles. The van der Waals surface area contributed by atoms with E-state index in [0.29, 0.717) is 25.4 Å². The molecule has 0 saturated carbocycles. The minimum absolute atomic E-state index is 0.123. The molecule has 1 N–H and O–H groups in total. The lowest BCUT2D eigenvalue weighted by Gasteiger charge is -2.38. The topological polar surface area (TPSA) is 59.4 Å². The molecule has 0 aromatic rings. The van der Waals surface area contributed by atoms with Gasteiger partial charge in [0, 0.05) is 32.2 Å². The summed E-state index contributed by atoms with van der Waals surface area (Å²) < 4.78 is 0. The lowest BCUT2D eigenvalue weighted by Crippen LogP contribution is -2.55. The minimum Gasteiger partial charge on any atom is -0.353 e. The van der Waals surface area contributed by atoms with Crippen molar-refractivity contribution in [3.63, 3.8) is 0 Å². The summed E-state index contributed by atoms with van der Waals surface area (Å²) in [5.41, 5.74) is -0.862. The third-order valence-corrected chi connectivity index (χ3v) is 4.33. The number of piperazine rings is 1. The van der Waals surface area contributed by atoms with E-state index in [1.54, 1.807) is 0 Å². The van der Waals surface area contributed by atoms with Crippen LogP contribution in [0.2, 0.25) is 0 Å². The average Bonchev–Trinajstić information content (AvgIpc) is 2.42. The van der Waals surface area contributed by atoms with Gasteiger partial charge in [0.2, 0.25) is 5.91 Å². The molecule has 19 heavy (non-hydrogen) atoms. The summed E-state index contributed by atoms with van der Waals surface area (Å²) in [5, 5.41) is 12.2. The number of likely N-dealkylation sites (N-methyl/N-ethyl adjacent to an activating group) is 2. The van der Waals surface area contributed by atoms with E-state index >= 15 is 0 Å². The second-order valence-corrected chi connectivity index (χ2v) is 5.51. The van der Waals surface area contributed by atoms with Gasteiger partial charge in [0.05, 0.1) is 6.07 Å². The Kier molecular flexibility index (Phi) is 5.77. The molecule has 1 saturated heterocycles. The molecule has 1 atom stereocenters. The molecule has 5 nitrogen and oxygen atoms in total. The summed E-state index contributed by atoms with van der Waals surface area (Å²) in [4.78, 5) is 16.8. The Morgan fingerprint density at radius 3 is 2.53 bits per heavy atom. The van der Waals surface area contributed by atoms with Gasteiger partial charge in [0.25, 0.3) is 0 Å². The third kappa shape index (κ3) is 3.68. The molecule has 0 radical (unpaired) electrons. The second-order valence-electron chi connectivity index (χ2n) is 5.51. The molecule has 0 bridgehead atoms. The zero-order valence-corrected chi connectivity index (χ0v) is 12.6. The first-order valence-electron chi connectivity index (χ1n) is 7.07. The van der Waals surface area contributed by atoms with Crippen molar-refractivity contribution in [1.82, 2.24) is 15.1 Å². The second kappa shape index (κ2) is 6.88. The molecular weight excluding hydrogens is 240 g/mol. The van der Waals surface area contributed by atoms with Gasteiger partial charge in [-0.1, -0.05) is 13.8 Å². The van der Waals surface area contributed by atoms with Crippen LogP contribution in [-0.2, 0) is 4.79 Å². The van der Waals surface area contributed by atoms with E-state index in [0.717, 1.165) is 19.6 Å². The van der Waals surface area contributed by atoms with Crippen LogP contribution in [0.15, 0.2) is 0 Å². The number of carbonyl (C=O) groups is 1. The number of hydrogen-bond acceptors (Lipinski definition) is 4. The monoisotopic (exact) mass is 266 g/mol.